The van der Waals surface area contributed by atoms with Gasteiger partial charge in [-0.3, -0.25) is 9.48 Å². The Morgan fingerprint density at radius 3 is 2.66 bits per heavy atom. The Kier molecular flexibility index (Phi) is 5.49. The van der Waals surface area contributed by atoms with Crippen molar-refractivity contribution < 1.29 is 9.32 Å². The first kappa shape index (κ1) is 20.5. The lowest BCUT2D eigenvalue weighted by Gasteiger charge is -2.27. The zero-order chi connectivity index (χ0) is 22.1. The minimum Gasteiger partial charge on any atom is -0.338 e. The summed E-state index contributed by atoms with van der Waals surface area (Å²) in [5.41, 5.74) is 4.77. The Morgan fingerprint density at radius 1 is 1.09 bits per heavy atom. The molecule has 32 heavy (non-hydrogen) atoms. The van der Waals surface area contributed by atoms with Crippen LogP contribution in [0.15, 0.2) is 59.1 Å². The van der Waals surface area contributed by atoms with Crippen LogP contribution in [0.25, 0.3) is 11.6 Å². The average Bonchev–Trinajstić information content (AvgIpc) is 3.40. The third-order valence-electron chi connectivity index (χ3n) is 5.74. The van der Waals surface area contributed by atoms with Crippen molar-refractivity contribution in [1.29, 1.82) is 0 Å². The van der Waals surface area contributed by atoms with Gasteiger partial charge in [0.05, 0.1) is 6.42 Å². The lowest BCUT2D eigenvalue weighted by atomic mass is 10.0. The smallest absolute Gasteiger partial charge is 0.278 e. The van der Waals surface area contributed by atoms with Crippen molar-refractivity contribution in [3.63, 3.8) is 0 Å². The summed E-state index contributed by atoms with van der Waals surface area (Å²) in [5, 5.41) is 9.44. The first-order valence-electron chi connectivity index (χ1n) is 10.5. The van der Waals surface area contributed by atoms with Crippen LogP contribution in [0, 0.1) is 0 Å². The normalized spacial score (nSPS) is 13.2. The Bertz CT molecular complexity index is 1250. The van der Waals surface area contributed by atoms with Gasteiger partial charge in [-0.2, -0.15) is 10.1 Å². The molecule has 7 nitrogen and oxygen atoms in total. The molecule has 2 aromatic heterocycles. The number of benzene rings is 2. The van der Waals surface area contributed by atoms with Gasteiger partial charge in [-0.25, -0.2) is 0 Å². The summed E-state index contributed by atoms with van der Waals surface area (Å²) in [7, 11) is 1.91. The molecule has 0 saturated carbocycles. The van der Waals surface area contributed by atoms with Crippen LogP contribution in [-0.4, -0.2) is 37.3 Å². The molecule has 1 aliphatic rings. The van der Waals surface area contributed by atoms with Gasteiger partial charge in [0.25, 0.3) is 5.89 Å². The fourth-order valence-corrected chi connectivity index (χ4v) is 4.19. The predicted molar refractivity (Wildman–Crippen MR) is 120 cm³/mol. The lowest BCUT2D eigenvalue weighted by molar-refractivity contribution is -0.131. The molecule has 0 N–H and O–H groups in total. The van der Waals surface area contributed by atoms with E-state index >= 15 is 0 Å². The average molecular weight is 448 g/mol. The molecular weight excluding hydrogens is 426 g/mol. The quantitative estimate of drug-likeness (QED) is 0.464. The summed E-state index contributed by atoms with van der Waals surface area (Å²) in [4.78, 5) is 19.4. The molecule has 4 aromatic rings. The van der Waals surface area contributed by atoms with Crippen molar-refractivity contribution in [2.75, 3.05) is 6.54 Å². The first-order valence-corrected chi connectivity index (χ1v) is 10.9. The highest BCUT2D eigenvalue weighted by molar-refractivity contribution is 6.30. The van der Waals surface area contributed by atoms with Crippen LogP contribution >= 0.6 is 11.6 Å². The van der Waals surface area contributed by atoms with Crippen molar-refractivity contribution >= 4 is 17.5 Å². The maximum absolute atomic E-state index is 12.9. The molecule has 3 heterocycles. The highest BCUT2D eigenvalue weighted by Crippen LogP contribution is 2.29. The van der Waals surface area contributed by atoms with E-state index < -0.39 is 0 Å². The molecule has 0 unspecified atom stereocenters. The van der Waals surface area contributed by atoms with Crippen molar-refractivity contribution in [3.05, 3.63) is 87.8 Å². The Labute approximate surface area is 190 Å². The predicted octanol–water partition coefficient (Wildman–Crippen LogP) is 3.84. The standard InChI is InChI=1S/C24H22ClN5O2/c1-29-20-11-12-30(22(31)14-17-7-9-18(25)10-8-17)15-19(20)23(27-29)24-26-21(28-32-24)13-16-5-3-2-4-6-16/h2-10H,11-15H2,1H3. The monoisotopic (exact) mass is 447 g/mol. The molecule has 0 atom stereocenters. The second-order valence-electron chi connectivity index (χ2n) is 7.94. The van der Waals surface area contributed by atoms with E-state index in [4.69, 9.17) is 16.1 Å². The van der Waals surface area contributed by atoms with Gasteiger partial charge in [0.15, 0.2) is 11.5 Å². The van der Waals surface area contributed by atoms with E-state index in [0.29, 0.717) is 48.4 Å². The number of halogens is 1. The Balaban J connectivity index is 1.35. The number of rotatable bonds is 5. The van der Waals surface area contributed by atoms with Gasteiger partial charge >= 0.3 is 0 Å². The summed E-state index contributed by atoms with van der Waals surface area (Å²) in [6, 6.07) is 17.4. The van der Waals surface area contributed by atoms with E-state index in [9.17, 15) is 4.79 Å². The zero-order valence-electron chi connectivity index (χ0n) is 17.7. The van der Waals surface area contributed by atoms with Gasteiger partial charge in [-0.15, -0.1) is 0 Å². The summed E-state index contributed by atoms with van der Waals surface area (Å²) in [6.45, 7) is 1.13. The molecular formula is C24H22ClN5O2. The molecule has 0 bridgehead atoms. The number of hydrogen-bond acceptors (Lipinski definition) is 5. The highest BCUT2D eigenvalue weighted by Gasteiger charge is 2.29. The van der Waals surface area contributed by atoms with Crippen LogP contribution in [-0.2, 0) is 37.6 Å². The molecule has 8 heteroatoms. The minimum atomic E-state index is 0.0723. The van der Waals surface area contributed by atoms with Gasteiger partial charge < -0.3 is 9.42 Å². The fourth-order valence-electron chi connectivity index (χ4n) is 4.07. The fraction of sp³-hybridized carbons (Fsp3) is 0.250. The number of aryl methyl sites for hydroxylation is 1. The summed E-state index contributed by atoms with van der Waals surface area (Å²) in [6.07, 6.45) is 1.66. The summed E-state index contributed by atoms with van der Waals surface area (Å²) < 4.78 is 7.41. The number of nitrogens with zero attached hydrogens (tertiary/aromatic N) is 5. The van der Waals surface area contributed by atoms with E-state index in [-0.39, 0.29) is 5.91 Å². The van der Waals surface area contributed by atoms with Gasteiger partial charge in [0.2, 0.25) is 5.91 Å². The number of amides is 1. The first-order chi connectivity index (χ1) is 15.6. The van der Waals surface area contributed by atoms with E-state index in [1.54, 1.807) is 12.1 Å². The molecule has 162 valence electrons. The number of fused-ring (bicyclic) bond motifs is 1. The van der Waals surface area contributed by atoms with Crippen molar-refractivity contribution in [2.45, 2.75) is 25.8 Å². The van der Waals surface area contributed by atoms with Gasteiger partial charge in [0.1, 0.15) is 0 Å². The van der Waals surface area contributed by atoms with Crippen molar-refractivity contribution in [1.82, 2.24) is 24.8 Å². The molecule has 1 amide bonds. The summed E-state index contributed by atoms with van der Waals surface area (Å²) in [5.74, 6) is 1.07. The number of carbonyl (C=O) groups is 1. The van der Waals surface area contributed by atoms with E-state index in [1.165, 1.54) is 0 Å². The zero-order valence-corrected chi connectivity index (χ0v) is 18.4. The Morgan fingerprint density at radius 2 is 1.88 bits per heavy atom. The number of carbonyl (C=O) groups excluding carboxylic acids is 1. The third-order valence-corrected chi connectivity index (χ3v) is 5.99. The van der Waals surface area contributed by atoms with Crippen molar-refractivity contribution in [2.24, 2.45) is 7.05 Å². The topological polar surface area (TPSA) is 77.1 Å². The van der Waals surface area contributed by atoms with Crippen LogP contribution in [0.2, 0.25) is 5.02 Å². The van der Waals surface area contributed by atoms with Gasteiger partial charge in [-0.05, 0) is 23.3 Å². The third kappa shape index (κ3) is 4.16. The summed E-state index contributed by atoms with van der Waals surface area (Å²) >= 11 is 5.95. The maximum atomic E-state index is 12.9. The Hall–Kier alpha value is -3.45. The molecule has 0 radical (unpaired) electrons. The van der Waals surface area contributed by atoms with E-state index in [1.807, 2.05) is 59.1 Å². The van der Waals surface area contributed by atoms with Gasteiger partial charge in [0, 0.05) is 49.3 Å². The van der Waals surface area contributed by atoms with Crippen LogP contribution < -0.4 is 0 Å². The minimum absolute atomic E-state index is 0.0723. The lowest BCUT2D eigenvalue weighted by Crippen LogP contribution is -2.37. The second-order valence-corrected chi connectivity index (χ2v) is 8.38. The van der Waals surface area contributed by atoms with Crippen LogP contribution in [0.1, 0.15) is 28.2 Å². The highest BCUT2D eigenvalue weighted by atomic mass is 35.5. The molecule has 0 spiro atoms. The maximum Gasteiger partial charge on any atom is 0.278 e. The number of aromatic nitrogens is 4. The van der Waals surface area contributed by atoms with Crippen LogP contribution in [0.5, 0.6) is 0 Å². The van der Waals surface area contributed by atoms with E-state index in [0.717, 1.165) is 28.8 Å². The molecule has 5 rings (SSSR count). The van der Waals surface area contributed by atoms with Crippen LogP contribution in [0.4, 0.5) is 0 Å². The largest absolute Gasteiger partial charge is 0.338 e. The van der Waals surface area contributed by atoms with Crippen LogP contribution in [0.3, 0.4) is 0 Å². The SMILES string of the molecule is Cn1nc(-c2nc(Cc3ccccc3)no2)c2c1CCN(C(=O)Cc1ccc(Cl)cc1)C2. The molecule has 0 aliphatic carbocycles. The van der Waals surface area contributed by atoms with Gasteiger partial charge in [-0.1, -0.05) is 59.2 Å². The molecule has 0 saturated heterocycles. The second kappa shape index (κ2) is 8.59. The number of hydrogen-bond donors (Lipinski definition) is 0. The van der Waals surface area contributed by atoms with E-state index in [2.05, 4.69) is 15.2 Å². The molecule has 0 fully saturated rings. The van der Waals surface area contributed by atoms with Crippen molar-refractivity contribution in [3.8, 4) is 11.6 Å². The molecule has 2 aromatic carbocycles. The molecule has 1 aliphatic heterocycles.